The van der Waals surface area contributed by atoms with Crippen LogP contribution in [0.15, 0.2) is 292 Å². The molecule has 3 atom stereocenters. The first kappa shape index (κ1) is 109. The van der Waals surface area contributed by atoms with Gasteiger partial charge in [0.2, 0.25) is 23.6 Å². The number of hydrogen-bond donors (Lipinski definition) is 5. The van der Waals surface area contributed by atoms with E-state index in [0.29, 0.717) is 95.2 Å². The predicted octanol–water partition coefficient (Wildman–Crippen LogP) is 20.1. The molecule has 9 N–H and O–H groups in total. The lowest BCUT2D eigenvalue weighted by atomic mass is 9.91. The van der Waals surface area contributed by atoms with Gasteiger partial charge in [0.15, 0.2) is 22.6 Å². The number of nitrogens with two attached hydrogens (primary N) is 4. The number of benzene rings is 8. The van der Waals surface area contributed by atoms with Gasteiger partial charge < -0.3 is 76.4 Å². The molecular weight excluding hydrogens is 1880 g/mol. The van der Waals surface area contributed by atoms with E-state index in [4.69, 9.17) is 67.0 Å². The normalized spacial score (nSPS) is 16.1. The summed E-state index contributed by atoms with van der Waals surface area (Å²) in [6.45, 7) is 7.58. The van der Waals surface area contributed by atoms with E-state index < -0.39 is 0 Å². The van der Waals surface area contributed by atoms with Gasteiger partial charge in [-0.3, -0.25) is 19.2 Å². The number of ether oxygens (including phenoxy) is 5. The van der Waals surface area contributed by atoms with E-state index in [-0.39, 0.29) is 83.5 Å². The summed E-state index contributed by atoms with van der Waals surface area (Å²) in [4.78, 5) is 94.8. The number of nitrogens with one attached hydrogen (secondary N) is 1. The average molecular weight is 2010 g/mol. The Morgan fingerprint density at radius 2 is 0.611 bits per heavy atom. The monoisotopic (exact) mass is 2010 g/mol. The van der Waals surface area contributed by atoms with E-state index in [9.17, 15) is 19.2 Å². The van der Waals surface area contributed by atoms with E-state index in [0.717, 1.165) is 186 Å². The van der Waals surface area contributed by atoms with E-state index in [2.05, 4.69) is 45.2 Å². The molecule has 3 aliphatic heterocycles. The van der Waals surface area contributed by atoms with Crippen molar-refractivity contribution in [2.75, 3.05) is 117 Å². The molecule has 4 fully saturated rings. The Morgan fingerprint density at radius 1 is 0.342 bits per heavy atom. The summed E-state index contributed by atoms with van der Waals surface area (Å²) in [5, 5.41) is 25.9. The first-order valence-corrected chi connectivity index (χ1v) is 48.6. The van der Waals surface area contributed by atoms with Crippen LogP contribution in [0.2, 0.25) is 0 Å². The second-order valence-corrected chi connectivity index (χ2v) is 36.2. The molecule has 8 aromatic heterocycles. The van der Waals surface area contributed by atoms with Crippen molar-refractivity contribution in [2.45, 2.75) is 131 Å². The fourth-order valence-corrected chi connectivity index (χ4v) is 18.2. The van der Waals surface area contributed by atoms with Gasteiger partial charge in [0.1, 0.15) is 117 Å². The van der Waals surface area contributed by atoms with E-state index >= 15 is 0 Å². The third-order valence-corrected chi connectivity index (χ3v) is 25.4. The summed E-state index contributed by atoms with van der Waals surface area (Å²) in [6, 6.07) is 69.9. The van der Waals surface area contributed by atoms with Gasteiger partial charge in [-0.1, -0.05) is 127 Å². The Bertz CT molecular complexity index is 7220. The molecule has 774 valence electrons. The molecule has 149 heavy (non-hydrogen) atoms. The lowest BCUT2D eigenvalue weighted by molar-refractivity contribution is -0.128. The molecular formula is C114H134N26O9. The zero-order chi connectivity index (χ0) is 101. The van der Waals surface area contributed by atoms with Crippen molar-refractivity contribution >= 4 is 91.0 Å². The van der Waals surface area contributed by atoms with Gasteiger partial charge in [-0.05, 0) is 251 Å². The molecule has 16 aromatic rings. The number of rotatable bonds is 27. The van der Waals surface area contributed by atoms with Gasteiger partial charge in [-0.25, -0.2) is 58.6 Å². The standard InChI is InChI=1S/C29H33N7O2.C28H31N7O2.C27H28N6O3.C26H26N6O2.4CH4/c1-35(2)18-6-9-25(37)33-21-12-14-22(15-13-21)36-29-26(28(30)31-19-32-29)27(34-36)20-10-16-24(17-11-20)38-23-7-4-3-5-8-23;1-33(2)16-7-11-24(36)34-17-6-8-21(18-34)35-28-25(27(29)30-19-31-28)26(32-35)20-12-14-23(15-13-20)37-22-9-4-3-5-10-22;1-35-16-6-10-23(34)32-15-5-7-20(17-32)33-27-24(26(28)29-18-30-27)25(31-33)19-11-13-22(14-12-19)36-21-8-3-2-4-9-21;1-2-7-22(33)31-15-6-8-19(16-31)32-26-23(25(27)28-17-29-26)24(30-32)18-11-13-21(14-12-18)34-20-9-4-3-5-10-20;;;;/h3-11,16-17,19,21-22H,12-15,18H2,1-2H3,(H,33,37)(H2,30,31,32);3-5,7,9-15,19,21H,6,8,16-18H2,1-2H3,(H2,29,30,31);2-4,6,8-14,18,20H,5,7,15-17H2,1H3,(H2,28,29,30);2-5,7,9-14,17,19H,6,8,15-16H2,1H3,(H2,27,28,29);4*1H4/b9-6+;11-7+;10-6+;7-2+;;;;. The summed E-state index contributed by atoms with van der Waals surface area (Å²) in [5.41, 5.74) is 34.4. The Kier molecular flexibility index (Phi) is 38.3. The highest BCUT2D eigenvalue weighted by Crippen LogP contribution is 2.42. The number of aromatic nitrogens is 16. The number of likely N-dealkylation sites (tertiary alicyclic amines) is 3. The maximum Gasteiger partial charge on any atom is 0.246 e. The minimum atomic E-state index is -0.0395. The molecule has 35 heteroatoms. The molecule has 1 aliphatic carbocycles. The fourth-order valence-electron chi connectivity index (χ4n) is 18.2. The van der Waals surface area contributed by atoms with Crippen LogP contribution >= 0.6 is 0 Å². The van der Waals surface area contributed by atoms with Crippen molar-refractivity contribution in [2.24, 2.45) is 0 Å². The highest BCUT2D eigenvalue weighted by Gasteiger charge is 2.34. The Balaban J connectivity index is 0.000000164. The molecule has 3 unspecified atom stereocenters. The number of piperidine rings is 3. The van der Waals surface area contributed by atoms with Crippen LogP contribution in [-0.4, -0.2) is 227 Å². The van der Waals surface area contributed by atoms with E-state index in [1.165, 1.54) is 25.3 Å². The number of anilines is 4. The highest BCUT2D eigenvalue weighted by molar-refractivity contribution is 6.02. The van der Waals surface area contributed by atoms with Gasteiger partial charge in [0, 0.05) is 106 Å². The van der Waals surface area contributed by atoms with Crippen molar-refractivity contribution in [1.82, 2.24) is 109 Å². The van der Waals surface area contributed by atoms with Crippen LogP contribution in [0.25, 0.3) is 89.2 Å². The topological polar surface area (TPSA) is 421 Å². The van der Waals surface area contributed by atoms with E-state index in [1.54, 1.807) is 43.6 Å². The second-order valence-electron chi connectivity index (χ2n) is 36.2. The van der Waals surface area contributed by atoms with Crippen LogP contribution in [0.4, 0.5) is 23.3 Å². The van der Waals surface area contributed by atoms with Crippen molar-refractivity contribution in [3.05, 3.63) is 292 Å². The summed E-state index contributed by atoms with van der Waals surface area (Å²) in [5.74, 6) is 7.54. The van der Waals surface area contributed by atoms with Crippen LogP contribution in [-0.2, 0) is 23.9 Å². The van der Waals surface area contributed by atoms with Crippen LogP contribution in [0, 0.1) is 0 Å². The Hall–Kier alpha value is -16.9. The summed E-state index contributed by atoms with van der Waals surface area (Å²) in [7, 11) is 9.50. The Labute approximate surface area is 869 Å². The number of amides is 4. The smallest absolute Gasteiger partial charge is 0.246 e. The molecule has 0 spiro atoms. The summed E-state index contributed by atoms with van der Waals surface area (Å²) >= 11 is 0. The number of carbonyl (C=O) groups is 4. The van der Waals surface area contributed by atoms with Crippen molar-refractivity contribution in [3.63, 3.8) is 0 Å². The van der Waals surface area contributed by atoms with Gasteiger partial charge in [-0.2, -0.15) is 20.4 Å². The molecule has 11 heterocycles. The largest absolute Gasteiger partial charge is 0.457 e. The van der Waals surface area contributed by atoms with Crippen LogP contribution in [0.1, 0.15) is 125 Å². The number of likely N-dealkylation sites (N-methyl/N-ethyl adjacent to an activating group) is 2. The van der Waals surface area contributed by atoms with E-state index in [1.807, 2.05) is 309 Å². The average Bonchev–Trinajstić information content (AvgIpc) is 1.62. The number of carbonyl (C=O) groups excluding carboxylic acids is 4. The molecule has 20 rings (SSSR count). The fraction of sp³-hybridized carbons (Fsp3) is 0.298. The molecule has 35 nitrogen and oxygen atoms in total. The molecule has 0 bridgehead atoms. The number of allylic oxidation sites excluding steroid dienone is 1. The number of hydrogen-bond acceptors (Lipinski definition) is 27. The number of para-hydroxylation sites is 4. The molecule has 0 radical (unpaired) electrons. The minimum absolute atomic E-state index is 0. The second kappa shape index (κ2) is 52.2. The van der Waals surface area contributed by atoms with Gasteiger partial charge in [0.25, 0.3) is 0 Å². The maximum absolute atomic E-state index is 12.8. The summed E-state index contributed by atoms with van der Waals surface area (Å²) < 4.78 is 36.4. The van der Waals surface area contributed by atoms with Crippen molar-refractivity contribution < 1.29 is 42.9 Å². The molecule has 8 aromatic carbocycles. The molecule has 1 saturated carbocycles. The summed E-state index contributed by atoms with van der Waals surface area (Å²) in [6.07, 6.45) is 28.5. The maximum atomic E-state index is 12.8. The lowest BCUT2D eigenvalue weighted by Crippen LogP contribution is -2.40. The quantitative estimate of drug-likeness (QED) is 0.0298. The molecule has 3 saturated heterocycles. The number of methoxy groups -OCH3 is 1. The number of nitrogen functional groups attached to an aromatic ring is 4. The van der Waals surface area contributed by atoms with Crippen LogP contribution in [0.3, 0.4) is 0 Å². The highest BCUT2D eigenvalue weighted by atomic mass is 16.5. The SMILES string of the molecule is C.C.C.C.C/C=C/C(=O)N1CCCC(n2nc(-c3ccc(Oc4ccccc4)cc3)c3c(N)ncnc32)C1.CN(C)C/C=C/C(=O)N1CCCC(n2nc(-c3ccc(Oc4ccccc4)cc3)c3c(N)ncnc32)C1.CN(C)C/C=C/C(=O)NC1CCC(n2nc(-c3ccc(Oc4ccccc4)cc3)c3c(N)ncnc32)CC1.COC/C=C/C(=O)N1CCCC(n2nc(-c3ccc(Oc4ccccc4)cc3)c3c(N)ncnc32)C1. The third-order valence-electron chi connectivity index (χ3n) is 25.4. The van der Waals surface area contributed by atoms with Gasteiger partial charge in [0.05, 0.1) is 52.3 Å². The first-order valence-electron chi connectivity index (χ1n) is 48.6. The zero-order valence-electron chi connectivity index (χ0n) is 81.9. The number of nitrogens with zero attached hydrogens (tertiary/aromatic N) is 21. The van der Waals surface area contributed by atoms with Crippen LogP contribution < -0.4 is 47.2 Å². The minimum Gasteiger partial charge on any atom is -0.457 e. The zero-order valence-corrected chi connectivity index (χ0v) is 81.9. The van der Waals surface area contributed by atoms with Crippen molar-refractivity contribution in [1.29, 1.82) is 0 Å². The lowest BCUT2D eigenvalue weighted by Gasteiger charge is -2.32. The third kappa shape index (κ3) is 27.3. The van der Waals surface area contributed by atoms with Gasteiger partial charge >= 0.3 is 0 Å². The van der Waals surface area contributed by atoms with Crippen LogP contribution in [0.5, 0.6) is 46.0 Å². The Morgan fingerprint density at radius 3 is 0.893 bits per heavy atom. The molecule has 4 aliphatic rings. The number of fused-ring (bicyclic) bond motifs is 4. The predicted molar refractivity (Wildman–Crippen MR) is 589 cm³/mol. The molecule has 4 amide bonds. The van der Waals surface area contributed by atoms with Gasteiger partial charge in [-0.15, -0.1) is 0 Å². The van der Waals surface area contributed by atoms with Crippen molar-refractivity contribution in [3.8, 4) is 91.0 Å². The first-order chi connectivity index (χ1) is 70.7.